The lowest BCUT2D eigenvalue weighted by Gasteiger charge is -2.08. The van der Waals surface area contributed by atoms with E-state index in [0.717, 1.165) is 19.4 Å². The first-order valence-corrected chi connectivity index (χ1v) is 6.61. The Hall–Kier alpha value is -2.22. The molecule has 1 saturated heterocycles. The lowest BCUT2D eigenvalue weighted by Crippen LogP contribution is -2.28. The number of aromatic nitrogens is 4. The van der Waals surface area contributed by atoms with Crippen molar-refractivity contribution < 1.29 is 9.32 Å². The SMILES string of the molecule is CC(NC(=O)c1noc(C2CCCN2)n1)c1ncc[nH]1. The molecule has 2 aromatic rings. The number of aromatic amines is 1. The highest BCUT2D eigenvalue weighted by Crippen LogP contribution is 2.21. The molecule has 0 aromatic carbocycles. The number of hydrogen-bond donors (Lipinski definition) is 3. The molecular weight excluding hydrogens is 260 g/mol. The van der Waals surface area contributed by atoms with Gasteiger partial charge in [-0.15, -0.1) is 0 Å². The van der Waals surface area contributed by atoms with E-state index in [0.29, 0.717) is 11.7 Å². The Balaban J connectivity index is 1.65. The maximum absolute atomic E-state index is 12.0. The van der Waals surface area contributed by atoms with Crippen LogP contribution in [0.3, 0.4) is 0 Å². The van der Waals surface area contributed by atoms with E-state index in [-0.39, 0.29) is 23.8 Å². The fraction of sp³-hybridized carbons (Fsp3) is 0.500. The molecule has 2 unspecified atom stereocenters. The zero-order valence-electron chi connectivity index (χ0n) is 11.1. The second-order valence-electron chi connectivity index (χ2n) is 4.77. The Labute approximate surface area is 115 Å². The van der Waals surface area contributed by atoms with Crippen molar-refractivity contribution in [3.8, 4) is 0 Å². The largest absolute Gasteiger partial charge is 0.347 e. The van der Waals surface area contributed by atoms with Gasteiger partial charge in [-0.25, -0.2) is 4.98 Å². The van der Waals surface area contributed by atoms with Gasteiger partial charge in [0.1, 0.15) is 5.82 Å². The molecule has 0 saturated carbocycles. The number of amides is 1. The molecule has 1 amide bonds. The molecule has 8 heteroatoms. The Kier molecular flexibility index (Phi) is 3.46. The van der Waals surface area contributed by atoms with Gasteiger partial charge in [-0.3, -0.25) is 4.79 Å². The van der Waals surface area contributed by atoms with Gasteiger partial charge >= 0.3 is 0 Å². The number of rotatable bonds is 4. The number of hydrogen-bond acceptors (Lipinski definition) is 6. The van der Waals surface area contributed by atoms with Gasteiger partial charge in [-0.2, -0.15) is 4.98 Å². The van der Waals surface area contributed by atoms with E-state index in [1.165, 1.54) is 0 Å². The minimum Gasteiger partial charge on any atom is -0.347 e. The van der Waals surface area contributed by atoms with Crippen LogP contribution in [0.1, 0.15) is 54.2 Å². The molecule has 106 valence electrons. The molecule has 3 N–H and O–H groups in total. The average molecular weight is 276 g/mol. The molecule has 2 aromatic heterocycles. The van der Waals surface area contributed by atoms with E-state index in [1.807, 2.05) is 6.92 Å². The quantitative estimate of drug-likeness (QED) is 0.758. The van der Waals surface area contributed by atoms with E-state index >= 15 is 0 Å². The maximum atomic E-state index is 12.0. The summed E-state index contributed by atoms with van der Waals surface area (Å²) in [5, 5.41) is 9.74. The molecule has 3 heterocycles. The molecular formula is C12H16N6O2. The normalized spacial score (nSPS) is 19.9. The Morgan fingerprint density at radius 2 is 2.50 bits per heavy atom. The first-order valence-electron chi connectivity index (χ1n) is 6.61. The number of nitrogens with one attached hydrogen (secondary N) is 3. The summed E-state index contributed by atoms with van der Waals surface area (Å²) in [7, 11) is 0. The van der Waals surface area contributed by atoms with Crippen molar-refractivity contribution in [3.63, 3.8) is 0 Å². The van der Waals surface area contributed by atoms with Crippen LogP contribution < -0.4 is 10.6 Å². The summed E-state index contributed by atoms with van der Waals surface area (Å²) in [5.41, 5.74) is 0. The van der Waals surface area contributed by atoms with E-state index in [9.17, 15) is 4.79 Å². The number of nitrogens with zero attached hydrogens (tertiary/aromatic N) is 3. The van der Waals surface area contributed by atoms with Crippen molar-refractivity contribution in [2.75, 3.05) is 6.54 Å². The molecule has 0 spiro atoms. The lowest BCUT2D eigenvalue weighted by molar-refractivity contribution is 0.0925. The van der Waals surface area contributed by atoms with Gasteiger partial charge in [-0.05, 0) is 26.3 Å². The highest BCUT2D eigenvalue weighted by molar-refractivity contribution is 5.90. The third-order valence-electron chi connectivity index (χ3n) is 3.28. The van der Waals surface area contributed by atoms with Crippen molar-refractivity contribution in [2.45, 2.75) is 31.8 Å². The minimum atomic E-state index is -0.373. The fourth-order valence-electron chi connectivity index (χ4n) is 2.21. The number of H-pyrrole nitrogens is 1. The van der Waals surface area contributed by atoms with Crippen LogP contribution >= 0.6 is 0 Å². The van der Waals surface area contributed by atoms with Gasteiger partial charge in [0.25, 0.3) is 11.7 Å². The standard InChI is InChI=1S/C12H16N6O2/c1-7(9-14-5-6-15-9)16-11(19)10-17-12(20-18-10)8-3-2-4-13-8/h5-8,13H,2-4H2,1H3,(H,14,15)(H,16,19). The van der Waals surface area contributed by atoms with Crippen LogP contribution in [-0.2, 0) is 0 Å². The van der Waals surface area contributed by atoms with E-state index in [2.05, 4.69) is 30.7 Å². The van der Waals surface area contributed by atoms with Crippen LogP contribution in [0.2, 0.25) is 0 Å². The smallest absolute Gasteiger partial charge is 0.293 e. The summed E-state index contributed by atoms with van der Waals surface area (Å²) in [5.74, 6) is 0.826. The second-order valence-corrected chi connectivity index (χ2v) is 4.77. The molecule has 3 rings (SSSR count). The van der Waals surface area contributed by atoms with Crippen molar-refractivity contribution in [2.24, 2.45) is 0 Å². The third-order valence-corrected chi connectivity index (χ3v) is 3.28. The van der Waals surface area contributed by atoms with Crippen LogP contribution in [-0.4, -0.2) is 32.6 Å². The third kappa shape index (κ3) is 2.55. The summed E-state index contributed by atoms with van der Waals surface area (Å²) in [4.78, 5) is 23.2. The highest BCUT2D eigenvalue weighted by Gasteiger charge is 2.25. The first kappa shape index (κ1) is 12.8. The average Bonchev–Trinajstić information content (AvgIpc) is 3.19. The summed E-state index contributed by atoms with van der Waals surface area (Å²) in [6.45, 7) is 2.76. The summed E-state index contributed by atoms with van der Waals surface area (Å²) in [6.07, 6.45) is 5.36. The van der Waals surface area contributed by atoms with E-state index < -0.39 is 0 Å². The number of carbonyl (C=O) groups is 1. The van der Waals surface area contributed by atoms with Gasteiger partial charge in [-0.1, -0.05) is 5.16 Å². The van der Waals surface area contributed by atoms with Crippen LogP contribution in [0.5, 0.6) is 0 Å². The van der Waals surface area contributed by atoms with Crippen molar-refractivity contribution >= 4 is 5.91 Å². The predicted molar refractivity (Wildman–Crippen MR) is 68.7 cm³/mol. The van der Waals surface area contributed by atoms with E-state index in [1.54, 1.807) is 12.4 Å². The van der Waals surface area contributed by atoms with Gasteiger partial charge < -0.3 is 20.1 Å². The summed E-state index contributed by atoms with van der Waals surface area (Å²) < 4.78 is 5.13. The molecule has 2 atom stereocenters. The number of imidazole rings is 1. The molecule has 1 fully saturated rings. The zero-order chi connectivity index (χ0) is 13.9. The van der Waals surface area contributed by atoms with Crippen LogP contribution in [0.4, 0.5) is 0 Å². The summed E-state index contributed by atoms with van der Waals surface area (Å²) in [6, 6.07) is -0.185. The van der Waals surface area contributed by atoms with Crippen molar-refractivity contribution in [1.29, 1.82) is 0 Å². The lowest BCUT2D eigenvalue weighted by atomic mass is 10.2. The van der Waals surface area contributed by atoms with Gasteiger partial charge in [0, 0.05) is 12.4 Å². The summed E-state index contributed by atoms with van der Waals surface area (Å²) >= 11 is 0. The fourth-order valence-corrected chi connectivity index (χ4v) is 2.21. The van der Waals surface area contributed by atoms with Crippen molar-refractivity contribution in [3.05, 3.63) is 29.9 Å². The molecule has 8 nitrogen and oxygen atoms in total. The highest BCUT2D eigenvalue weighted by atomic mass is 16.5. The molecule has 0 aliphatic carbocycles. The predicted octanol–water partition coefficient (Wildman–Crippen LogP) is 0.708. The molecule has 1 aliphatic heterocycles. The van der Waals surface area contributed by atoms with Crippen molar-refractivity contribution in [1.82, 2.24) is 30.7 Å². The molecule has 20 heavy (non-hydrogen) atoms. The van der Waals surface area contributed by atoms with E-state index in [4.69, 9.17) is 4.52 Å². The van der Waals surface area contributed by atoms with Gasteiger partial charge in [0.2, 0.25) is 5.89 Å². The zero-order valence-corrected chi connectivity index (χ0v) is 11.1. The molecule has 1 aliphatic rings. The van der Waals surface area contributed by atoms with Crippen LogP contribution in [0, 0.1) is 0 Å². The molecule has 0 bridgehead atoms. The second kappa shape index (κ2) is 5.41. The Morgan fingerprint density at radius 1 is 1.60 bits per heavy atom. The van der Waals surface area contributed by atoms with Crippen LogP contribution in [0.15, 0.2) is 16.9 Å². The number of carbonyl (C=O) groups excluding carboxylic acids is 1. The first-order chi connectivity index (χ1) is 9.74. The van der Waals surface area contributed by atoms with Gasteiger partial charge in [0.15, 0.2) is 0 Å². The Morgan fingerprint density at radius 3 is 3.20 bits per heavy atom. The molecule has 0 radical (unpaired) electrons. The minimum absolute atomic E-state index is 0.0482. The topological polar surface area (TPSA) is 109 Å². The van der Waals surface area contributed by atoms with Gasteiger partial charge in [0.05, 0.1) is 12.1 Å². The monoisotopic (exact) mass is 276 g/mol. The Bertz CT molecular complexity index is 573. The van der Waals surface area contributed by atoms with Crippen LogP contribution in [0.25, 0.3) is 0 Å². The maximum Gasteiger partial charge on any atom is 0.293 e.